The average Bonchev–Trinajstić information content (AvgIpc) is 2.52. The smallest absolute Gasteiger partial charge is 0.331 e. The molecular weight excluding hydrogens is 293 g/mol. The summed E-state index contributed by atoms with van der Waals surface area (Å²) in [6.45, 7) is 1.45. The molecule has 9 heteroatoms. The molecule has 2 N–H and O–H groups in total. The zero-order chi connectivity index (χ0) is 12.4. The highest BCUT2D eigenvalue weighted by Gasteiger charge is 2.26. The third-order valence-electron chi connectivity index (χ3n) is 3.09. The highest BCUT2D eigenvalue weighted by molar-refractivity contribution is 5.85. The zero-order valence-electron chi connectivity index (χ0n) is 10.7. The maximum Gasteiger partial charge on any atom is 0.331 e. The molecule has 1 aliphatic rings. The van der Waals surface area contributed by atoms with Gasteiger partial charge in [-0.2, -0.15) is 5.10 Å². The Hall–Kier alpha value is -1.05. The first kappa shape index (κ1) is 17.9. The minimum absolute atomic E-state index is 0. The molecule has 1 aromatic rings. The molecule has 110 valence electrons. The number of halogens is 2. The van der Waals surface area contributed by atoms with Crippen molar-refractivity contribution in [3.8, 4) is 0 Å². The Morgan fingerprint density at radius 2 is 2.16 bits per heavy atom. The van der Waals surface area contributed by atoms with E-state index in [1.54, 1.807) is 11.7 Å². The van der Waals surface area contributed by atoms with Crippen molar-refractivity contribution in [1.29, 1.82) is 0 Å². The van der Waals surface area contributed by atoms with Gasteiger partial charge in [0.25, 0.3) is 0 Å². The highest BCUT2D eigenvalue weighted by Crippen LogP contribution is 2.28. The second kappa shape index (κ2) is 7.52. The number of anilines is 1. The van der Waals surface area contributed by atoms with Gasteiger partial charge >= 0.3 is 5.69 Å². The van der Waals surface area contributed by atoms with Crippen LogP contribution in [0.25, 0.3) is 0 Å². The van der Waals surface area contributed by atoms with Gasteiger partial charge in [0.05, 0.1) is 4.92 Å². The molecule has 0 amide bonds. The molecule has 0 saturated carbocycles. The number of nitrogens with two attached hydrogens (primary N) is 1. The van der Waals surface area contributed by atoms with E-state index in [-0.39, 0.29) is 36.5 Å². The Bertz CT molecular complexity index is 426. The molecule has 0 aliphatic carbocycles. The number of aromatic nitrogens is 2. The number of hydrogen-bond donors (Lipinski definition) is 1. The van der Waals surface area contributed by atoms with Gasteiger partial charge in [0, 0.05) is 26.2 Å². The number of nitrogens with zero attached hydrogens (tertiary/aromatic N) is 4. The number of nitro groups is 1. The Labute approximate surface area is 124 Å². The first-order chi connectivity index (χ1) is 8.09. The minimum Gasteiger partial charge on any atom is -0.350 e. The summed E-state index contributed by atoms with van der Waals surface area (Å²) in [5.41, 5.74) is 6.02. The van der Waals surface area contributed by atoms with E-state index in [9.17, 15) is 10.1 Å². The van der Waals surface area contributed by atoms with Crippen molar-refractivity contribution in [1.82, 2.24) is 9.78 Å². The van der Waals surface area contributed by atoms with Gasteiger partial charge in [-0.05, 0) is 12.8 Å². The van der Waals surface area contributed by atoms with Crippen molar-refractivity contribution < 1.29 is 4.92 Å². The molecule has 1 aromatic heterocycles. The summed E-state index contributed by atoms with van der Waals surface area (Å²) in [5, 5.41) is 14.9. The van der Waals surface area contributed by atoms with E-state index in [1.165, 1.54) is 6.20 Å². The summed E-state index contributed by atoms with van der Waals surface area (Å²) in [7, 11) is 1.72. The standard InChI is InChI=1S/C10H17N5O2.2ClH/c1-13-10(9(6-12-13)15(16)17)14-5-3-2-4-8(11)7-14;;/h6,8H,2-5,7,11H2,1H3;2*1H. The predicted octanol–water partition coefficient (Wildman–Crippen LogP) is 1.49. The van der Waals surface area contributed by atoms with Crippen LogP contribution in [-0.4, -0.2) is 33.8 Å². The van der Waals surface area contributed by atoms with E-state index in [0.717, 1.165) is 25.8 Å². The Kier molecular flexibility index (Phi) is 7.10. The van der Waals surface area contributed by atoms with Gasteiger partial charge in [0.1, 0.15) is 6.20 Å². The van der Waals surface area contributed by atoms with Gasteiger partial charge in [0.15, 0.2) is 0 Å². The first-order valence-corrected chi connectivity index (χ1v) is 5.76. The maximum atomic E-state index is 10.9. The number of rotatable bonds is 2. The van der Waals surface area contributed by atoms with Crippen LogP contribution in [-0.2, 0) is 7.05 Å². The lowest BCUT2D eigenvalue weighted by Gasteiger charge is -2.23. The van der Waals surface area contributed by atoms with Crippen molar-refractivity contribution in [3.63, 3.8) is 0 Å². The lowest BCUT2D eigenvalue weighted by Crippen LogP contribution is -2.37. The minimum atomic E-state index is -0.390. The highest BCUT2D eigenvalue weighted by atomic mass is 35.5. The second-order valence-corrected chi connectivity index (χ2v) is 4.44. The van der Waals surface area contributed by atoms with E-state index in [2.05, 4.69) is 5.10 Å². The van der Waals surface area contributed by atoms with E-state index in [1.807, 2.05) is 4.90 Å². The molecule has 1 atom stereocenters. The normalized spacial score (nSPS) is 19.1. The lowest BCUT2D eigenvalue weighted by atomic mass is 10.2. The van der Waals surface area contributed by atoms with Crippen LogP contribution in [0.2, 0.25) is 0 Å². The molecule has 1 aliphatic heterocycles. The van der Waals surface area contributed by atoms with Crippen LogP contribution in [0.1, 0.15) is 19.3 Å². The van der Waals surface area contributed by atoms with Crippen LogP contribution in [0.4, 0.5) is 11.5 Å². The van der Waals surface area contributed by atoms with Gasteiger partial charge in [-0.1, -0.05) is 6.42 Å². The maximum absolute atomic E-state index is 10.9. The molecule has 0 radical (unpaired) electrons. The first-order valence-electron chi connectivity index (χ1n) is 5.76. The molecule has 2 heterocycles. The largest absolute Gasteiger partial charge is 0.350 e. The summed E-state index contributed by atoms with van der Waals surface area (Å²) < 4.78 is 1.55. The topological polar surface area (TPSA) is 90.2 Å². The second-order valence-electron chi connectivity index (χ2n) is 4.44. The van der Waals surface area contributed by atoms with Crippen molar-refractivity contribution in [2.24, 2.45) is 12.8 Å². The fraction of sp³-hybridized carbons (Fsp3) is 0.700. The molecule has 1 fully saturated rings. The Morgan fingerprint density at radius 3 is 2.79 bits per heavy atom. The average molecular weight is 312 g/mol. The van der Waals surface area contributed by atoms with Crippen LogP contribution < -0.4 is 10.6 Å². The summed E-state index contributed by atoms with van der Waals surface area (Å²) in [4.78, 5) is 12.5. The molecule has 19 heavy (non-hydrogen) atoms. The molecule has 1 unspecified atom stereocenters. The summed E-state index contributed by atoms with van der Waals surface area (Å²) in [6.07, 6.45) is 4.35. The van der Waals surface area contributed by atoms with Gasteiger partial charge in [0.2, 0.25) is 5.82 Å². The van der Waals surface area contributed by atoms with Crippen LogP contribution in [0.3, 0.4) is 0 Å². The van der Waals surface area contributed by atoms with Gasteiger partial charge in [-0.3, -0.25) is 10.1 Å². The Morgan fingerprint density at radius 1 is 1.47 bits per heavy atom. The van der Waals surface area contributed by atoms with Gasteiger partial charge in [-0.15, -0.1) is 24.8 Å². The van der Waals surface area contributed by atoms with Gasteiger partial charge < -0.3 is 10.6 Å². The quantitative estimate of drug-likeness (QED) is 0.660. The lowest BCUT2D eigenvalue weighted by molar-refractivity contribution is -0.384. The summed E-state index contributed by atoms with van der Waals surface area (Å²) in [5.74, 6) is 0.562. The number of hydrogen-bond acceptors (Lipinski definition) is 5. The molecule has 1 saturated heterocycles. The van der Waals surface area contributed by atoms with E-state index < -0.39 is 4.92 Å². The van der Waals surface area contributed by atoms with E-state index in [4.69, 9.17) is 5.73 Å². The monoisotopic (exact) mass is 311 g/mol. The van der Waals surface area contributed by atoms with E-state index >= 15 is 0 Å². The molecular formula is C10H19Cl2N5O2. The van der Waals surface area contributed by atoms with Crippen LogP contribution in [0.5, 0.6) is 0 Å². The van der Waals surface area contributed by atoms with Gasteiger partial charge in [-0.25, -0.2) is 4.68 Å². The molecule has 0 spiro atoms. The summed E-state index contributed by atoms with van der Waals surface area (Å²) in [6, 6.07) is 0.0759. The predicted molar refractivity (Wildman–Crippen MR) is 78.4 cm³/mol. The molecule has 7 nitrogen and oxygen atoms in total. The fourth-order valence-electron chi connectivity index (χ4n) is 2.28. The van der Waals surface area contributed by atoms with Crippen molar-refractivity contribution in [3.05, 3.63) is 16.3 Å². The van der Waals surface area contributed by atoms with Crippen molar-refractivity contribution in [2.45, 2.75) is 25.3 Å². The van der Waals surface area contributed by atoms with Crippen molar-refractivity contribution in [2.75, 3.05) is 18.0 Å². The van der Waals surface area contributed by atoms with Crippen LogP contribution in [0.15, 0.2) is 6.20 Å². The zero-order valence-corrected chi connectivity index (χ0v) is 12.3. The molecule has 0 bridgehead atoms. The third kappa shape index (κ3) is 3.95. The molecule has 2 rings (SSSR count). The van der Waals surface area contributed by atoms with E-state index in [0.29, 0.717) is 12.4 Å². The van der Waals surface area contributed by atoms with Crippen LogP contribution >= 0.6 is 24.8 Å². The Balaban J connectivity index is 0.00000162. The molecule has 0 aromatic carbocycles. The van der Waals surface area contributed by atoms with Crippen molar-refractivity contribution >= 4 is 36.3 Å². The fourth-order valence-corrected chi connectivity index (χ4v) is 2.28. The number of aryl methyl sites for hydroxylation is 1. The SMILES string of the molecule is Cl.Cl.Cn1ncc([N+](=O)[O-])c1N1CCCCC(N)C1. The van der Waals surface area contributed by atoms with Crippen LogP contribution in [0, 0.1) is 10.1 Å². The summed E-state index contributed by atoms with van der Waals surface area (Å²) >= 11 is 0. The third-order valence-corrected chi connectivity index (χ3v) is 3.09.